The van der Waals surface area contributed by atoms with Gasteiger partial charge in [0.05, 0.1) is 23.9 Å². The molecule has 0 spiro atoms. The van der Waals surface area contributed by atoms with Crippen LogP contribution >= 0.6 is 0 Å². The molecule has 4 rings (SSSR count). The van der Waals surface area contributed by atoms with E-state index in [1.54, 1.807) is 11.0 Å². The molecule has 7 nitrogen and oxygen atoms in total. The minimum absolute atomic E-state index is 0.00323. The topological polar surface area (TPSA) is 77.6 Å². The maximum absolute atomic E-state index is 12.0. The van der Waals surface area contributed by atoms with Crippen LogP contribution in [0.15, 0.2) is 67.5 Å². The predicted molar refractivity (Wildman–Crippen MR) is 102 cm³/mol. The van der Waals surface area contributed by atoms with Crippen molar-refractivity contribution < 1.29 is 4.79 Å². The number of aromatic nitrogens is 5. The molecule has 4 aromatic rings. The van der Waals surface area contributed by atoms with Crippen LogP contribution in [0.3, 0.4) is 0 Å². The summed E-state index contributed by atoms with van der Waals surface area (Å²) in [6.45, 7) is 1.78. The van der Waals surface area contributed by atoms with Gasteiger partial charge in [-0.25, -0.2) is 9.97 Å². The first-order chi connectivity index (χ1) is 13.3. The molecule has 0 fully saturated rings. The number of carbonyl (C=O) groups is 1. The lowest BCUT2D eigenvalue weighted by Crippen LogP contribution is -2.24. The van der Waals surface area contributed by atoms with E-state index in [1.807, 2.05) is 36.7 Å². The Morgan fingerprint density at radius 2 is 1.93 bits per heavy atom. The lowest BCUT2D eigenvalue weighted by molar-refractivity contribution is -0.121. The molecule has 2 aromatic heterocycles. The van der Waals surface area contributed by atoms with E-state index in [1.165, 1.54) is 11.9 Å². The Balaban J connectivity index is 1.35. The number of hydrogen-bond donors (Lipinski definition) is 1. The monoisotopic (exact) mass is 360 g/mol. The number of aryl methyl sites for hydroxylation is 1. The number of imidazole rings is 1. The summed E-state index contributed by atoms with van der Waals surface area (Å²) in [7, 11) is 0. The van der Waals surface area contributed by atoms with Gasteiger partial charge >= 0.3 is 0 Å². The van der Waals surface area contributed by atoms with E-state index >= 15 is 0 Å². The van der Waals surface area contributed by atoms with E-state index in [0.717, 1.165) is 23.1 Å². The molecule has 0 aliphatic heterocycles. The molecule has 7 heteroatoms. The molecule has 0 aliphatic rings. The number of amides is 1. The average Bonchev–Trinajstić information content (AvgIpc) is 3.35. The van der Waals surface area contributed by atoms with E-state index in [-0.39, 0.29) is 5.91 Å². The molecule has 1 amide bonds. The Bertz CT molecular complexity index is 1040. The lowest BCUT2D eigenvalue weighted by atomic mass is 10.1. The van der Waals surface area contributed by atoms with Crippen molar-refractivity contribution >= 4 is 16.9 Å². The van der Waals surface area contributed by atoms with Crippen LogP contribution in [0.1, 0.15) is 17.5 Å². The third kappa shape index (κ3) is 4.20. The third-order valence-corrected chi connectivity index (χ3v) is 4.40. The van der Waals surface area contributed by atoms with Crippen LogP contribution in [0, 0.1) is 0 Å². The Hall–Kier alpha value is -3.48. The molecule has 0 aliphatic carbocycles. The highest BCUT2D eigenvalue weighted by Crippen LogP contribution is 2.15. The van der Waals surface area contributed by atoms with Gasteiger partial charge in [-0.3, -0.25) is 9.48 Å². The molecule has 2 aromatic carbocycles. The largest absolute Gasteiger partial charge is 0.352 e. The Morgan fingerprint density at radius 1 is 1.04 bits per heavy atom. The Morgan fingerprint density at radius 3 is 2.81 bits per heavy atom. The smallest absolute Gasteiger partial charge is 0.222 e. The van der Waals surface area contributed by atoms with Crippen molar-refractivity contribution in [2.45, 2.75) is 26.1 Å². The van der Waals surface area contributed by atoms with Crippen LogP contribution in [0.5, 0.6) is 0 Å². The van der Waals surface area contributed by atoms with Crippen LogP contribution in [-0.4, -0.2) is 30.2 Å². The molecule has 27 heavy (non-hydrogen) atoms. The molecule has 0 atom stereocenters. The average molecular weight is 360 g/mol. The highest BCUT2D eigenvalue weighted by atomic mass is 16.1. The predicted octanol–water partition coefficient (Wildman–Crippen LogP) is 2.38. The minimum Gasteiger partial charge on any atom is -0.352 e. The van der Waals surface area contributed by atoms with Gasteiger partial charge in [0.2, 0.25) is 5.91 Å². The zero-order valence-electron chi connectivity index (χ0n) is 14.8. The molecular weight excluding hydrogens is 340 g/mol. The zero-order valence-corrected chi connectivity index (χ0v) is 14.8. The van der Waals surface area contributed by atoms with E-state index in [4.69, 9.17) is 0 Å². The highest BCUT2D eigenvalue weighted by Gasteiger charge is 2.05. The van der Waals surface area contributed by atoms with Crippen LogP contribution < -0.4 is 5.32 Å². The summed E-state index contributed by atoms with van der Waals surface area (Å²) >= 11 is 0. The van der Waals surface area contributed by atoms with E-state index in [2.05, 4.69) is 43.1 Å². The second-order valence-corrected chi connectivity index (χ2v) is 6.37. The lowest BCUT2D eigenvalue weighted by Gasteiger charge is -2.09. The first-order valence-electron chi connectivity index (χ1n) is 8.85. The Labute approximate surface area is 156 Å². The van der Waals surface area contributed by atoms with Gasteiger partial charge < -0.3 is 9.88 Å². The maximum atomic E-state index is 12.0. The molecule has 0 saturated carbocycles. The van der Waals surface area contributed by atoms with Crippen molar-refractivity contribution in [2.24, 2.45) is 0 Å². The van der Waals surface area contributed by atoms with Crippen LogP contribution in [0.25, 0.3) is 11.0 Å². The number of hydrogen-bond acceptors (Lipinski definition) is 4. The molecule has 1 N–H and O–H groups in total. The van der Waals surface area contributed by atoms with Gasteiger partial charge in [0.15, 0.2) is 0 Å². The fourth-order valence-electron chi connectivity index (χ4n) is 3.02. The third-order valence-electron chi connectivity index (χ3n) is 4.40. The van der Waals surface area contributed by atoms with Gasteiger partial charge in [-0.05, 0) is 23.3 Å². The van der Waals surface area contributed by atoms with Gasteiger partial charge in [-0.15, -0.1) is 0 Å². The fourth-order valence-corrected chi connectivity index (χ4v) is 3.02. The molecule has 0 bridgehead atoms. The van der Waals surface area contributed by atoms with Crippen LogP contribution in [0.2, 0.25) is 0 Å². The van der Waals surface area contributed by atoms with Crippen molar-refractivity contribution in [3.63, 3.8) is 0 Å². The standard InChI is InChI=1S/C20H20N6O/c27-20(8-9-26-14-21-13-24-26)22-11-16-4-3-5-17(10-16)12-25-15-23-18-6-1-2-7-19(18)25/h1-7,10,13-15H,8-9,11-12H2,(H,22,27). The van der Waals surface area contributed by atoms with Gasteiger partial charge in [0.1, 0.15) is 12.7 Å². The van der Waals surface area contributed by atoms with Gasteiger partial charge in [-0.2, -0.15) is 5.10 Å². The molecule has 0 unspecified atom stereocenters. The highest BCUT2D eigenvalue weighted by molar-refractivity contribution is 5.76. The molecule has 136 valence electrons. The van der Waals surface area contributed by atoms with Crippen molar-refractivity contribution in [2.75, 3.05) is 0 Å². The number of benzene rings is 2. The van der Waals surface area contributed by atoms with Crippen LogP contribution in [0.4, 0.5) is 0 Å². The van der Waals surface area contributed by atoms with Crippen LogP contribution in [-0.2, 0) is 24.4 Å². The molecule has 2 heterocycles. The van der Waals surface area contributed by atoms with E-state index in [9.17, 15) is 4.79 Å². The summed E-state index contributed by atoms with van der Waals surface area (Å²) < 4.78 is 3.78. The van der Waals surface area contributed by atoms with Crippen molar-refractivity contribution in [1.29, 1.82) is 0 Å². The summed E-state index contributed by atoms with van der Waals surface area (Å²) in [4.78, 5) is 20.3. The van der Waals surface area contributed by atoms with Gasteiger partial charge in [0.25, 0.3) is 0 Å². The normalized spacial score (nSPS) is 11.0. The van der Waals surface area contributed by atoms with E-state index < -0.39 is 0 Å². The van der Waals surface area contributed by atoms with Gasteiger partial charge in [0, 0.05) is 19.5 Å². The number of rotatable bonds is 7. The van der Waals surface area contributed by atoms with E-state index in [0.29, 0.717) is 19.5 Å². The summed E-state index contributed by atoms with van der Waals surface area (Å²) in [5.41, 5.74) is 4.36. The zero-order chi connectivity index (χ0) is 18.5. The summed E-state index contributed by atoms with van der Waals surface area (Å²) in [5.74, 6) is -0.00323. The first-order valence-corrected chi connectivity index (χ1v) is 8.85. The maximum Gasteiger partial charge on any atom is 0.222 e. The van der Waals surface area contributed by atoms with Crippen molar-refractivity contribution in [1.82, 2.24) is 29.6 Å². The van der Waals surface area contributed by atoms with Crippen molar-refractivity contribution in [3.8, 4) is 0 Å². The number of carbonyl (C=O) groups excluding carboxylic acids is 1. The quantitative estimate of drug-likeness (QED) is 0.549. The second kappa shape index (κ2) is 7.82. The Kier molecular flexibility index (Phi) is 4.91. The first kappa shape index (κ1) is 17.0. The molecule has 0 radical (unpaired) electrons. The van der Waals surface area contributed by atoms with Crippen molar-refractivity contribution in [3.05, 3.63) is 78.6 Å². The minimum atomic E-state index is -0.00323. The number of fused-ring (bicyclic) bond motifs is 1. The number of para-hydroxylation sites is 2. The summed E-state index contributed by atoms with van der Waals surface area (Å²) in [6.07, 6.45) is 5.32. The van der Waals surface area contributed by atoms with Gasteiger partial charge in [-0.1, -0.05) is 36.4 Å². The SMILES string of the molecule is O=C(CCn1cncn1)NCc1cccc(Cn2cnc3ccccc32)c1. The summed E-state index contributed by atoms with van der Waals surface area (Å²) in [5, 5.41) is 6.95. The molecular formula is C20H20N6O. The summed E-state index contributed by atoms with van der Waals surface area (Å²) in [6, 6.07) is 16.3. The fraction of sp³-hybridized carbons (Fsp3) is 0.200. The number of nitrogens with one attached hydrogen (secondary N) is 1. The molecule has 0 saturated heterocycles. The number of nitrogens with zero attached hydrogens (tertiary/aromatic N) is 5. The second-order valence-electron chi connectivity index (χ2n) is 6.37.